The number of pyridine rings is 1. The molecule has 2 heterocycles. The number of hydrogen-bond donors (Lipinski definition) is 1. The van der Waals surface area contributed by atoms with Crippen molar-refractivity contribution in [2.24, 2.45) is 7.05 Å². The van der Waals surface area contributed by atoms with Crippen LogP contribution in [0.15, 0.2) is 30.7 Å². The first-order valence-corrected chi connectivity index (χ1v) is 5.29. The van der Waals surface area contributed by atoms with E-state index in [9.17, 15) is 0 Å². The second-order valence-electron chi connectivity index (χ2n) is 3.88. The zero-order valence-corrected chi connectivity index (χ0v) is 9.81. The summed E-state index contributed by atoms with van der Waals surface area (Å²) in [5, 5.41) is 3.24. The SMILES string of the molecule is CNC(c1cc(C)ccn1)c1nccn1C. The van der Waals surface area contributed by atoms with Gasteiger partial charge >= 0.3 is 0 Å². The van der Waals surface area contributed by atoms with Crippen LogP contribution in [0, 0.1) is 6.92 Å². The summed E-state index contributed by atoms with van der Waals surface area (Å²) in [4.78, 5) is 8.75. The van der Waals surface area contributed by atoms with E-state index in [-0.39, 0.29) is 6.04 Å². The summed E-state index contributed by atoms with van der Waals surface area (Å²) in [7, 11) is 3.91. The van der Waals surface area contributed by atoms with Crippen molar-refractivity contribution in [3.8, 4) is 0 Å². The topological polar surface area (TPSA) is 42.7 Å². The summed E-state index contributed by atoms with van der Waals surface area (Å²) in [5.74, 6) is 0.973. The molecule has 0 aliphatic carbocycles. The van der Waals surface area contributed by atoms with E-state index in [0.29, 0.717) is 0 Å². The monoisotopic (exact) mass is 216 g/mol. The van der Waals surface area contributed by atoms with E-state index in [2.05, 4.69) is 28.3 Å². The van der Waals surface area contributed by atoms with Gasteiger partial charge < -0.3 is 9.88 Å². The molecule has 0 saturated carbocycles. The Balaban J connectivity index is 2.40. The third-order valence-corrected chi connectivity index (χ3v) is 2.64. The van der Waals surface area contributed by atoms with Crippen molar-refractivity contribution in [1.29, 1.82) is 0 Å². The fourth-order valence-corrected chi connectivity index (χ4v) is 1.78. The smallest absolute Gasteiger partial charge is 0.131 e. The van der Waals surface area contributed by atoms with E-state index in [4.69, 9.17) is 0 Å². The van der Waals surface area contributed by atoms with Crippen LogP contribution in [0.2, 0.25) is 0 Å². The van der Waals surface area contributed by atoms with Gasteiger partial charge in [-0.15, -0.1) is 0 Å². The molecular weight excluding hydrogens is 200 g/mol. The van der Waals surface area contributed by atoms with E-state index in [1.54, 1.807) is 6.20 Å². The minimum Gasteiger partial charge on any atom is -0.336 e. The maximum absolute atomic E-state index is 4.39. The summed E-state index contributed by atoms with van der Waals surface area (Å²) >= 11 is 0. The molecule has 0 saturated heterocycles. The van der Waals surface area contributed by atoms with Gasteiger partial charge in [-0.3, -0.25) is 4.98 Å². The Morgan fingerprint density at radius 3 is 2.69 bits per heavy atom. The Hall–Kier alpha value is -1.68. The molecule has 0 aromatic carbocycles. The lowest BCUT2D eigenvalue weighted by Crippen LogP contribution is -2.22. The first kappa shape index (κ1) is 10.8. The number of nitrogens with one attached hydrogen (secondary N) is 1. The molecule has 1 atom stereocenters. The highest BCUT2D eigenvalue weighted by atomic mass is 15.1. The van der Waals surface area contributed by atoms with Crippen molar-refractivity contribution in [3.63, 3.8) is 0 Å². The van der Waals surface area contributed by atoms with Gasteiger partial charge in [-0.25, -0.2) is 4.98 Å². The molecule has 2 aromatic heterocycles. The molecular formula is C12H16N4. The quantitative estimate of drug-likeness (QED) is 0.844. The highest BCUT2D eigenvalue weighted by Gasteiger charge is 2.17. The zero-order valence-electron chi connectivity index (χ0n) is 9.81. The molecule has 2 rings (SSSR count). The molecule has 0 amide bonds. The van der Waals surface area contributed by atoms with Crippen molar-refractivity contribution in [3.05, 3.63) is 47.8 Å². The second kappa shape index (κ2) is 4.45. The summed E-state index contributed by atoms with van der Waals surface area (Å²) < 4.78 is 2.01. The molecule has 1 unspecified atom stereocenters. The number of hydrogen-bond acceptors (Lipinski definition) is 3. The maximum Gasteiger partial charge on any atom is 0.131 e. The van der Waals surface area contributed by atoms with Gasteiger partial charge in [0.15, 0.2) is 0 Å². The summed E-state index contributed by atoms with van der Waals surface area (Å²) in [5.41, 5.74) is 2.20. The first-order chi connectivity index (χ1) is 7.72. The van der Waals surface area contributed by atoms with Crippen LogP contribution in [0.5, 0.6) is 0 Å². The molecule has 16 heavy (non-hydrogen) atoms. The van der Waals surface area contributed by atoms with Gasteiger partial charge in [0.2, 0.25) is 0 Å². The molecule has 0 spiro atoms. The average Bonchev–Trinajstić information content (AvgIpc) is 2.67. The maximum atomic E-state index is 4.39. The van der Waals surface area contributed by atoms with E-state index >= 15 is 0 Å². The van der Waals surface area contributed by atoms with E-state index in [1.165, 1.54) is 5.56 Å². The van der Waals surface area contributed by atoms with Gasteiger partial charge in [-0.05, 0) is 31.7 Å². The van der Waals surface area contributed by atoms with Crippen LogP contribution in [0.3, 0.4) is 0 Å². The highest BCUT2D eigenvalue weighted by Crippen LogP contribution is 2.18. The van der Waals surface area contributed by atoms with E-state index in [0.717, 1.165) is 11.5 Å². The minimum atomic E-state index is 0.0416. The third kappa shape index (κ3) is 1.97. The molecule has 0 bridgehead atoms. The van der Waals surface area contributed by atoms with Gasteiger partial charge in [0, 0.05) is 25.6 Å². The Morgan fingerprint density at radius 1 is 1.31 bits per heavy atom. The van der Waals surface area contributed by atoms with Gasteiger partial charge in [-0.2, -0.15) is 0 Å². The summed E-state index contributed by atoms with van der Waals surface area (Å²) in [6.07, 6.45) is 5.57. The Bertz CT molecular complexity index is 475. The standard InChI is InChI=1S/C12H16N4/c1-9-4-5-14-10(8-9)11(13-2)12-15-6-7-16(12)3/h4-8,11,13H,1-3H3. The molecule has 0 fully saturated rings. The minimum absolute atomic E-state index is 0.0416. The number of aromatic nitrogens is 3. The summed E-state index contributed by atoms with van der Waals surface area (Å²) in [6, 6.07) is 4.12. The number of aryl methyl sites for hydroxylation is 2. The zero-order chi connectivity index (χ0) is 11.5. The summed E-state index contributed by atoms with van der Waals surface area (Å²) in [6.45, 7) is 2.07. The van der Waals surface area contributed by atoms with Gasteiger partial charge in [0.1, 0.15) is 11.9 Å². The number of imidazole rings is 1. The van der Waals surface area contributed by atoms with Crippen LogP contribution in [-0.4, -0.2) is 21.6 Å². The first-order valence-electron chi connectivity index (χ1n) is 5.29. The Kier molecular flexibility index (Phi) is 3.01. The van der Waals surface area contributed by atoms with Crippen molar-refractivity contribution in [2.75, 3.05) is 7.05 Å². The lowest BCUT2D eigenvalue weighted by molar-refractivity contribution is 0.602. The van der Waals surface area contributed by atoms with Crippen molar-refractivity contribution in [1.82, 2.24) is 19.9 Å². The largest absolute Gasteiger partial charge is 0.336 e. The number of nitrogens with zero attached hydrogens (tertiary/aromatic N) is 3. The molecule has 0 aliphatic heterocycles. The van der Waals surface area contributed by atoms with Gasteiger partial charge in [0.25, 0.3) is 0 Å². The predicted octanol–water partition coefficient (Wildman–Crippen LogP) is 1.43. The Labute approximate surface area is 95.4 Å². The molecule has 84 valence electrons. The van der Waals surface area contributed by atoms with Crippen LogP contribution < -0.4 is 5.32 Å². The van der Waals surface area contributed by atoms with E-state index in [1.807, 2.05) is 37.1 Å². The van der Waals surface area contributed by atoms with Gasteiger partial charge in [0.05, 0.1) is 5.69 Å². The molecule has 1 N–H and O–H groups in total. The average molecular weight is 216 g/mol. The second-order valence-corrected chi connectivity index (χ2v) is 3.88. The van der Waals surface area contributed by atoms with Crippen LogP contribution in [-0.2, 0) is 7.05 Å². The van der Waals surface area contributed by atoms with Crippen molar-refractivity contribution < 1.29 is 0 Å². The lowest BCUT2D eigenvalue weighted by atomic mass is 10.1. The van der Waals surface area contributed by atoms with Crippen LogP contribution >= 0.6 is 0 Å². The van der Waals surface area contributed by atoms with Crippen LogP contribution in [0.25, 0.3) is 0 Å². The molecule has 0 radical (unpaired) electrons. The normalized spacial score (nSPS) is 12.7. The predicted molar refractivity (Wildman–Crippen MR) is 63.1 cm³/mol. The fraction of sp³-hybridized carbons (Fsp3) is 0.333. The number of rotatable bonds is 3. The fourth-order valence-electron chi connectivity index (χ4n) is 1.78. The molecule has 4 nitrogen and oxygen atoms in total. The lowest BCUT2D eigenvalue weighted by Gasteiger charge is -2.15. The van der Waals surface area contributed by atoms with Gasteiger partial charge in [-0.1, -0.05) is 0 Å². The molecule has 4 heteroatoms. The molecule has 2 aromatic rings. The highest BCUT2D eigenvalue weighted by molar-refractivity contribution is 5.22. The van der Waals surface area contributed by atoms with Crippen molar-refractivity contribution in [2.45, 2.75) is 13.0 Å². The molecule has 0 aliphatic rings. The van der Waals surface area contributed by atoms with Crippen LogP contribution in [0.1, 0.15) is 23.1 Å². The Morgan fingerprint density at radius 2 is 2.12 bits per heavy atom. The third-order valence-electron chi connectivity index (χ3n) is 2.64. The van der Waals surface area contributed by atoms with Crippen LogP contribution in [0.4, 0.5) is 0 Å². The van der Waals surface area contributed by atoms with Crippen molar-refractivity contribution >= 4 is 0 Å². The van der Waals surface area contributed by atoms with E-state index < -0.39 is 0 Å².